The van der Waals surface area contributed by atoms with Gasteiger partial charge in [-0.1, -0.05) is 44.0 Å². The van der Waals surface area contributed by atoms with Crippen LogP contribution in [0.2, 0.25) is 0 Å². The van der Waals surface area contributed by atoms with Gasteiger partial charge < -0.3 is 5.32 Å². The lowest BCUT2D eigenvalue weighted by atomic mass is 9.82. The summed E-state index contributed by atoms with van der Waals surface area (Å²) in [6.45, 7) is 4.41. The Labute approximate surface area is 121 Å². The van der Waals surface area contributed by atoms with Gasteiger partial charge in [-0.25, -0.2) is 0 Å². The smallest absolute Gasteiger partial charge is 0.0705 e. The molecule has 20 heavy (non-hydrogen) atoms. The first kappa shape index (κ1) is 13.6. The Morgan fingerprint density at radius 3 is 2.95 bits per heavy atom. The minimum atomic E-state index is 0.860. The average molecular weight is 268 g/mol. The molecule has 0 bridgehead atoms. The predicted molar refractivity (Wildman–Crippen MR) is 84.6 cm³/mol. The van der Waals surface area contributed by atoms with Crippen LogP contribution in [-0.4, -0.2) is 11.5 Å². The maximum absolute atomic E-state index is 4.71. The quantitative estimate of drug-likeness (QED) is 0.901. The molecule has 0 radical (unpaired) electrons. The van der Waals surface area contributed by atoms with E-state index in [4.69, 9.17) is 4.98 Å². The normalized spacial score (nSPS) is 23.1. The van der Waals surface area contributed by atoms with Gasteiger partial charge in [0.25, 0.3) is 0 Å². The molecule has 0 aliphatic heterocycles. The van der Waals surface area contributed by atoms with Crippen molar-refractivity contribution in [2.75, 3.05) is 6.54 Å². The summed E-state index contributed by atoms with van der Waals surface area (Å²) in [5.74, 6) is 1.77. The predicted octanol–water partition coefficient (Wildman–Crippen LogP) is 4.15. The third-order valence-corrected chi connectivity index (χ3v) is 4.44. The number of fused-ring (bicyclic) bond motifs is 1. The summed E-state index contributed by atoms with van der Waals surface area (Å²) < 4.78 is 0. The van der Waals surface area contributed by atoms with E-state index in [9.17, 15) is 0 Å². The summed E-state index contributed by atoms with van der Waals surface area (Å²) in [5, 5.41) is 4.81. The van der Waals surface area contributed by atoms with Gasteiger partial charge in [0.2, 0.25) is 0 Å². The zero-order chi connectivity index (χ0) is 13.8. The van der Waals surface area contributed by atoms with Gasteiger partial charge in [0, 0.05) is 11.9 Å². The molecule has 1 heterocycles. The van der Waals surface area contributed by atoms with Gasteiger partial charge in [-0.05, 0) is 43.4 Å². The Bertz CT molecular complexity index is 564. The van der Waals surface area contributed by atoms with Gasteiger partial charge in [-0.15, -0.1) is 0 Å². The molecule has 0 amide bonds. The lowest BCUT2D eigenvalue weighted by molar-refractivity contribution is 0.274. The Kier molecular flexibility index (Phi) is 4.31. The van der Waals surface area contributed by atoms with Crippen LogP contribution in [0.1, 0.15) is 38.3 Å². The number of aromatic nitrogens is 1. The van der Waals surface area contributed by atoms with E-state index in [0.717, 1.165) is 36.1 Å². The van der Waals surface area contributed by atoms with E-state index in [2.05, 4.69) is 48.6 Å². The lowest BCUT2D eigenvalue weighted by Gasteiger charge is -2.26. The van der Waals surface area contributed by atoms with E-state index in [1.54, 1.807) is 0 Å². The SMILES string of the molecule is CC1CCCC(CNCc2ccc3ccccc3n2)C1. The van der Waals surface area contributed by atoms with Crippen molar-refractivity contribution in [2.45, 2.75) is 39.2 Å². The highest BCUT2D eigenvalue weighted by molar-refractivity contribution is 5.78. The highest BCUT2D eigenvalue weighted by Crippen LogP contribution is 2.27. The molecule has 2 aromatic rings. The molecule has 1 fully saturated rings. The molecule has 2 unspecified atom stereocenters. The Morgan fingerprint density at radius 1 is 1.15 bits per heavy atom. The molecule has 1 aliphatic rings. The van der Waals surface area contributed by atoms with Crippen LogP contribution < -0.4 is 5.32 Å². The van der Waals surface area contributed by atoms with Crippen LogP contribution >= 0.6 is 0 Å². The van der Waals surface area contributed by atoms with E-state index < -0.39 is 0 Å². The Morgan fingerprint density at radius 2 is 2.05 bits per heavy atom. The van der Waals surface area contributed by atoms with Gasteiger partial charge >= 0.3 is 0 Å². The van der Waals surface area contributed by atoms with E-state index in [0.29, 0.717) is 0 Å². The summed E-state index contributed by atoms with van der Waals surface area (Å²) >= 11 is 0. The van der Waals surface area contributed by atoms with Crippen LogP contribution in [0.15, 0.2) is 36.4 Å². The van der Waals surface area contributed by atoms with Gasteiger partial charge in [0.1, 0.15) is 0 Å². The number of pyridine rings is 1. The summed E-state index contributed by atoms with van der Waals surface area (Å²) in [7, 11) is 0. The number of rotatable bonds is 4. The van der Waals surface area contributed by atoms with Crippen molar-refractivity contribution in [1.29, 1.82) is 0 Å². The van der Waals surface area contributed by atoms with Crippen molar-refractivity contribution in [3.8, 4) is 0 Å². The van der Waals surface area contributed by atoms with Gasteiger partial charge in [-0.3, -0.25) is 4.98 Å². The van der Waals surface area contributed by atoms with Crippen molar-refractivity contribution in [3.05, 3.63) is 42.1 Å². The number of hydrogen-bond acceptors (Lipinski definition) is 2. The summed E-state index contributed by atoms with van der Waals surface area (Å²) in [4.78, 5) is 4.71. The van der Waals surface area contributed by atoms with Crippen molar-refractivity contribution < 1.29 is 0 Å². The number of nitrogens with one attached hydrogen (secondary N) is 1. The van der Waals surface area contributed by atoms with Gasteiger partial charge in [0.15, 0.2) is 0 Å². The Hall–Kier alpha value is -1.41. The second-order valence-corrected chi connectivity index (χ2v) is 6.26. The minimum absolute atomic E-state index is 0.860. The zero-order valence-electron chi connectivity index (χ0n) is 12.3. The van der Waals surface area contributed by atoms with Crippen LogP contribution in [0.4, 0.5) is 0 Å². The van der Waals surface area contributed by atoms with Crippen LogP contribution in [-0.2, 0) is 6.54 Å². The first-order chi connectivity index (χ1) is 9.81. The molecule has 106 valence electrons. The fourth-order valence-corrected chi connectivity index (χ4v) is 3.36. The standard InChI is InChI=1S/C18H24N2/c1-14-5-4-6-15(11-14)12-19-13-17-10-9-16-7-2-3-8-18(16)20-17/h2-3,7-10,14-15,19H,4-6,11-13H2,1H3. The molecule has 2 nitrogen and oxygen atoms in total. The number of hydrogen-bond donors (Lipinski definition) is 1. The Balaban J connectivity index is 1.54. The molecule has 1 aliphatic carbocycles. The molecule has 1 saturated carbocycles. The van der Waals surface area contributed by atoms with Crippen LogP contribution in [0.3, 0.4) is 0 Å². The van der Waals surface area contributed by atoms with Crippen molar-refractivity contribution in [3.63, 3.8) is 0 Å². The fourth-order valence-electron chi connectivity index (χ4n) is 3.36. The second-order valence-electron chi connectivity index (χ2n) is 6.26. The zero-order valence-corrected chi connectivity index (χ0v) is 12.3. The van der Waals surface area contributed by atoms with E-state index in [1.807, 2.05) is 0 Å². The van der Waals surface area contributed by atoms with Crippen molar-refractivity contribution in [1.82, 2.24) is 10.3 Å². The molecular weight excluding hydrogens is 244 g/mol. The lowest BCUT2D eigenvalue weighted by Crippen LogP contribution is -2.26. The van der Waals surface area contributed by atoms with Crippen LogP contribution in [0.25, 0.3) is 10.9 Å². The molecule has 1 aromatic carbocycles. The third-order valence-electron chi connectivity index (χ3n) is 4.44. The summed E-state index contributed by atoms with van der Waals surface area (Å²) in [6.07, 6.45) is 5.60. The highest BCUT2D eigenvalue weighted by Gasteiger charge is 2.18. The minimum Gasteiger partial charge on any atom is -0.311 e. The van der Waals surface area contributed by atoms with Gasteiger partial charge in [-0.2, -0.15) is 0 Å². The molecule has 2 heteroatoms. The molecule has 1 aromatic heterocycles. The molecule has 0 saturated heterocycles. The maximum Gasteiger partial charge on any atom is 0.0705 e. The highest BCUT2D eigenvalue weighted by atomic mass is 14.9. The topological polar surface area (TPSA) is 24.9 Å². The number of para-hydroxylation sites is 1. The van der Waals surface area contributed by atoms with Crippen molar-refractivity contribution >= 4 is 10.9 Å². The van der Waals surface area contributed by atoms with Crippen LogP contribution in [0.5, 0.6) is 0 Å². The summed E-state index contributed by atoms with van der Waals surface area (Å²) in [6, 6.07) is 12.6. The van der Waals surface area contributed by atoms with Crippen LogP contribution in [0, 0.1) is 11.8 Å². The largest absolute Gasteiger partial charge is 0.311 e. The molecule has 3 rings (SSSR count). The van der Waals surface area contributed by atoms with E-state index in [-0.39, 0.29) is 0 Å². The average Bonchev–Trinajstić information content (AvgIpc) is 2.47. The maximum atomic E-state index is 4.71. The molecule has 2 atom stereocenters. The third kappa shape index (κ3) is 3.37. The number of nitrogens with zero attached hydrogens (tertiary/aromatic N) is 1. The first-order valence-electron chi connectivity index (χ1n) is 7.86. The number of benzene rings is 1. The second kappa shape index (κ2) is 6.36. The van der Waals surface area contributed by atoms with Crippen molar-refractivity contribution in [2.24, 2.45) is 11.8 Å². The molecular formula is C18H24N2. The monoisotopic (exact) mass is 268 g/mol. The molecule has 1 N–H and O–H groups in total. The summed E-state index contributed by atoms with van der Waals surface area (Å²) in [5.41, 5.74) is 2.24. The van der Waals surface area contributed by atoms with Gasteiger partial charge in [0.05, 0.1) is 11.2 Å². The van der Waals surface area contributed by atoms with E-state index in [1.165, 1.54) is 31.1 Å². The van der Waals surface area contributed by atoms with E-state index >= 15 is 0 Å². The first-order valence-corrected chi connectivity index (χ1v) is 7.86. The fraction of sp³-hybridized carbons (Fsp3) is 0.500. The molecule has 0 spiro atoms.